The Bertz CT molecular complexity index is 226. The molecule has 0 saturated carbocycles. The maximum absolute atomic E-state index is 9.92. The van der Waals surface area contributed by atoms with Crippen LogP contribution >= 0.6 is 0 Å². The first kappa shape index (κ1) is 19.8. The van der Waals surface area contributed by atoms with Crippen molar-refractivity contribution in [1.29, 1.82) is 0 Å². The van der Waals surface area contributed by atoms with Crippen LogP contribution in [0.25, 0.3) is 0 Å². The zero-order valence-corrected chi connectivity index (χ0v) is 12.1. The lowest BCUT2D eigenvalue weighted by atomic mass is 9.88. The predicted octanol–water partition coefficient (Wildman–Crippen LogP) is -0.463. The second kappa shape index (κ2) is 11.4. The van der Waals surface area contributed by atoms with Gasteiger partial charge in [-0.05, 0) is 12.8 Å². The molecule has 122 valence electrons. The number of hydrogen-bond acceptors (Lipinski definition) is 6. The van der Waals surface area contributed by atoms with Gasteiger partial charge in [0.05, 0.1) is 19.3 Å². The van der Waals surface area contributed by atoms with Crippen LogP contribution in [0.4, 0.5) is 0 Å². The van der Waals surface area contributed by atoms with Gasteiger partial charge in [-0.15, -0.1) is 0 Å². The Morgan fingerprint density at radius 3 is 1.65 bits per heavy atom. The zero-order valence-electron chi connectivity index (χ0n) is 12.1. The molecule has 0 aliphatic rings. The van der Waals surface area contributed by atoms with Crippen molar-refractivity contribution in [2.75, 3.05) is 19.8 Å². The van der Waals surface area contributed by atoms with Gasteiger partial charge in [0.15, 0.2) is 0 Å². The highest BCUT2D eigenvalue weighted by Gasteiger charge is 2.41. The number of aliphatic hydroxyl groups is 6. The van der Waals surface area contributed by atoms with Gasteiger partial charge in [-0.1, -0.05) is 38.5 Å². The highest BCUT2D eigenvalue weighted by molar-refractivity contribution is 4.92. The SMILES string of the molecule is OCCCCCCCCCC(O)C(O)(CO)C(O)CO. The Labute approximate surface area is 120 Å². The molecular weight excluding hydrogens is 264 g/mol. The van der Waals surface area contributed by atoms with E-state index >= 15 is 0 Å². The van der Waals surface area contributed by atoms with E-state index in [9.17, 15) is 15.3 Å². The van der Waals surface area contributed by atoms with E-state index in [0.717, 1.165) is 38.5 Å². The number of aliphatic hydroxyl groups excluding tert-OH is 5. The molecule has 0 rings (SSSR count). The monoisotopic (exact) mass is 294 g/mol. The van der Waals surface area contributed by atoms with Gasteiger partial charge in [0.25, 0.3) is 0 Å². The van der Waals surface area contributed by atoms with Gasteiger partial charge in [-0.3, -0.25) is 0 Å². The topological polar surface area (TPSA) is 121 Å². The summed E-state index contributed by atoms with van der Waals surface area (Å²) in [6.07, 6.45) is 4.04. The molecule has 0 aromatic carbocycles. The summed E-state index contributed by atoms with van der Waals surface area (Å²) in [5.74, 6) is 0. The molecule has 0 heterocycles. The average molecular weight is 294 g/mol. The molecular formula is C14H30O6. The first-order chi connectivity index (χ1) is 9.52. The van der Waals surface area contributed by atoms with Crippen LogP contribution in [0.5, 0.6) is 0 Å². The number of hydrogen-bond donors (Lipinski definition) is 6. The fourth-order valence-corrected chi connectivity index (χ4v) is 2.17. The average Bonchev–Trinajstić information content (AvgIpc) is 2.47. The predicted molar refractivity (Wildman–Crippen MR) is 75.2 cm³/mol. The van der Waals surface area contributed by atoms with E-state index in [1.54, 1.807) is 0 Å². The third-order valence-corrected chi connectivity index (χ3v) is 3.72. The molecule has 0 aromatic heterocycles. The third kappa shape index (κ3) is 6.97. The summed E-state index contributed by atoms with van der Waals surface area (Å²) >= 11 is 0. The Morgan fingerprint density at radius 1 is 0.700 bits per heavy atom. The minimum Gasteiger partial charge on any atom is -0.396 e. The maximum Gasteiger partial charge on any atom is 0.141 e. The molecule has 0 amide bonds. The van der Waals surface area contributed by atoms with Crippen LogP contribution in [0.1, 0.15) is 51.4 Å². The molecule has 0 bridgehead atoms. The van der Waals surface area contributed by atoms with Crippen molar-refractivity contribution in [3.8, 4) is 0 Å². The molecule has 0 aliphatic heterocycles. The largest absolute Gasteiger partial charge is 0.396 e. The van der Waals surface area contributed by atoms with E-state index in [0.29, 0.717) is 6.42 Å². The van der Waals surface area contributed by atoms with Crippen molar-refractivity contribution in [3.05, 3.63) is 0 Å². The van der Waals surface area contributed by atoms with Crippen LogP contribution in [0.3, 0.4) is 0 Å². The fourth-order valence-electron chi connectivity index (χ4n) is 2.17. The van der Waals surface area contributed by atoms with Gasteiger partial charge in [0, 0.05) is 6.61 Å². The van der Waals surface area contributed by atoms with Gasteiger partial charge in [-0.25, -0.2) is 0 Å². The maximum atomic E-state index is 9.92. The summed E-state index contributed by atoms with van der Waals surface area (Å²) in [5.41, 5.74) is -2.06. The van der Waals surface area contributed by atoms with Crippen LogP contribution in [-0.2, 0) is 0 Å². The van der Waals surface area contributed by atoms with Gasteiger partial charge in [0.2, 0.25) is 0 Å². The van der Waals surface area contributed by atoms with Crippen molar-refractivity contribution in [2.45, 2.75) is 69.2 Å². The van der Waals surface area contributed by atoms with Crippen molar-refractivity contribution >= 4 is 0 Å². The standard InChI is InChI=1S/C14H30O6/c15-9-7-5-3-1-2-4-6-8-12(18)14(20,11-17)13(19)10-16/h12-13,15-20H,1-11H2. The summed E-state index contributed by atoms with van der Waals surface area (Å²) in [6, 6.07) is 0. The van der Waals surface area contributed by atoms with Crippen molar-refractivity contribution in [3.63, 3.8) is 0 Å². The van der Waals surface area contributed by atoms with Gasteiger partial charge >= 0.3 is 0 Å². The molecule has 0 fully saturated rings. The molecule has 6 nitrogen and oxygen atoms in total. The van der Waals surface area contributed by atoms with Crippen LogP contribution in [0.2, 0.25) is 0 Å². The Kier molecular flexibility index (Phi) is 11.3. The Morgan fingerprint density at radius 2 is 1.20 bits per heavy atom. The van der Waals surface area contributed by atoms with Gasteiger partial charge < -0.3 is 30.6 Å². The molecule has 0 saturated heterocycles. The first-order valence-corrected chi connectivity index (χ1v) is 7.44. The quantitative estimate of drug-likeness (QED) is 0.256. The minimum atomic E-state index is -2.06. The van der Waals surface area contributed by atoms with E-state index in [4.69, 9.17) is 15.3 Å². The van der Waals surface area contributed by atoms with Crippen LogP contribution in [0.15, 0.2) is 0 Å². The first-order valence-electron chi connectivity index (χ1n) is 7.44. The lowest BCUT2D eigenvalue weighted by Crippen LogP contribution is -2.56. The molecule has 3 unspecified atom stereocenters. The molecule has 6 N–H and O–H groups in total. The molecule has 3 atom stereocenters. The highest BCUT2D eigenvalue weighted by atomic mass is 16.4. The molecule has 0 spiro atoms. The van der Waals surface area contributed by atoms with Gasteiger partial charge in [-0.2, -0.15) is 0 Å². The second-order valence-corrected chi connectivity index (χ2v) is 5.35. The lowest BCUT2D eigenvalue weighted by Gasteiger charge is -2.34. The van der Waals surface area contributed by atoms with E-state index in [2.05, 4.69) is 0 Å². The number of rotatable bonds is 13. The van der Waals surface area contributed by atoms with Crippen molar-refractivity contribution in [2.24, 2.45) is 0 Å². The van der Waals surface area contributed by atoms with Crippen molar-refractivity contribution < 1.29 is 30.6 Å². The summed E-state index contributed by atoms with van der Waals surface area (Å²) in [7, 11) is 0. The van der Waals surface area contributed by atoms with E-state index in [1.807, 2.05) is 0 Å². The summed E-state index contributed by atoms with van der Waals surface area (Å²) in [6.45, 7) is -1.27. The van der Waals surface area contributed by atoms with Crippen molar-refractivity contribution in [1.82, 2.24) is 0 Å². The second-order valence-electron chi connectivity index (χ2n) is 5.35. The van der Waals surface area contributed by atoms with E-state index < -0.39 is 31.0 Å². The minimum absolute atomic E-state index is 0.235. The van der Waals surface area contributed by atoms with E-state index in [1.165, 1.54) is 0 Å². The lowest BCUT2D eigenvalue weighted by molar-refractivity contribution is -0.179. The fraction of sp³-hybridized carbons (Fsp3) is 1.00. The molecule has 0 radical (unpaired) electrons. The van der Waals surface area contributed by atoms with E-state index in [-0.39, 0.29) is 13.0 Å². The third-order valence-electron chi connectivity index (χ3n) is 3.72. The van der Waals surface area contributed by atoms with Crippen LogP contribution < -0.4 is 0 Å². The van der Waals surface area contributed by atoms with Crippen LogP contribution in [0, 0.1) is 0 Å². The molecule has 20 heavy (non-hydrogen) atoms. The summed E-state index contributed by atoms with van der Waals surface area (Å²) < 4.78 is 0. The summed E-state index contributed by atoms with van der Waals surface area (Å²) in [5, 5.41) is 55.7. The highest BCUT2D eigenvalue weighted by Crippen LogP contribution is 2.21. The molecule has 0 aliphatic carbocycles. The molecule has 6 heteroatoms. The normalized spacial score (nSPS) is 17.7. The van der Waals surface area contributed by atoms with Crippen LogP contribution in [-0.4, -0.2) is 68.3 Å². The number of unbranched alkanes of at least 4 members (excludes halogenated alkanes) is 6. The zero-order chi connectivity index (χ0) is 15.4. The van der Waals surface area contributed by atoms with Gasteiger partial charge in [0.1, 0.15) is 11.7 Å². The molecule has 0 aromatic rings. The smallest absolute Gasteiger partial charge is 0.141 e. The Hall–Kier alpha value is -0.240. The Balaban J connectivity index is 3.78. The summed E-state index contributed by atoms with van der Waals surface area (Å²) in [4.78, 5) is 0.